The molecule has 6 heteroatoms. The van der Waals surface area contributed by atoms with Gasteiger partial charge in [-0.25, -0.2) is 0 Å². The van der Waals surface area contributed by atoms with E-state index in [4.69, 9.17) is 4.42 Å². The molecule has 8 aromatic carbocycles. The van der Waals surface area contributed by atoms with E-state index in [2.05, 4.69) is 203 Å². The summed E-state index contributed by atoms with van der Waals surface area (Å²) in [6.45, 7) is 0. The average Bonchev–Trinajstić information content (AvgIpc) is 3.95. The first-order valence-corrected chi connectivity index (χ1v) is 20.3. The zero-order valence-corrected chi connectivity index (χ0v) is 31.6. The number of para-hydroxylation sites is 2. The van der Waals surface area contributed by atoms with Crippen LogP contribution in [0.2, 0.25) is 0 Å². The van der Waals surface area contributed by atoms with E-state index in [1.807, 2.05) is 11.3 Å². The number of furan rings is 1. The summed E-state index contributed by atoms with van der Waals surface area (Å²) in [7, 11) is 0. The van der Waals surface area contributed by atoms with Crippen LogP contribution in [0.4, 0.5) is 0 Å². The zero-order valence-electron chi connectivity index (χ0n) is 30.8. The van der Waals surface area contributed by atoms with Crippen molar-refractivity contribution in [3.8, 4) is 16.8 Å². The van der Waals surface area contributed by atoms with Gasteiger partial charge in [-0.15, -0.1) is 11.3 Å². The van der Waals surface area contributed by atoms with Crippen LogP contribution in [-0.2, 0) is 0 Å². The van der Waals surface area contributed by atoms with Gasteiger partial charge in [-0.1, -0.05) is 133 Å². The van der Waals surface area contributed by atoms with Crippen molar-refractivity contribution in [1.29, 1.82) is 0 Å². The van der Waals surface area contributed by atoms with Gasteiger partial charge in [-0.05, 0) is 76.3 Å². The van der Waals surface area contributed by atoms with Crippen LogP contribution >= 0.6 is 11.3 Å². The van der Waals surface area contributed by atoms with Crippen molar-refractivity contribution in [3.63, 3.8) is 0 Å². The van der Waals surface area contributed by atoms with Gasteiger partial charge in [0.15, 0.2) is 0 Å². The summed E-state index contributed by atoms with van der Waals surface area (Å²) >= 11 is 1.87. The Morgan fingerprint density at radius 2 is 0.982 bits per heavy atom. The van der Waals surface area contributed by atoms with Crippen molar-refractivity contribution in [2.24, 2.45) is 0 Å². The van der Waals surface area contributed by atoms with E-state index in [0.29, 0.717) is 0 Å². The topological polar surface area (TPSA) is 54.2 Å². The van der Waals surface area contributed by atoms with Gasteiger partial charge in [0.1, 0.15) is 11.2 Å². The van der Waals surface area contributed by atoms with Crippen molar-refractivity contribution in [3.05, 3.63) is 199 Å². The first kappa shape index (κ1) is 32.7. The Hall–Kier alpha value is -6.54. The number of thiophene rings is 1. The molecule has 1 fully saturated rings. The lowest BCUT2D eigenvalue weighted by Crippen LogP contribution is -2.54. The van der Waals surface area contributed by atoms with Crippen LogP contribution in [0.5, 0.6) is 0 Å². The molecule has 1 saturated heterocycles. The van der Waals surface area contributed by atoms with Crippen LogP contribution in [0.15, 0.2) is 186 Å². The van der Waals surface area contributed by atoms with Crippen LogP contribution in [0.3, 0.4) is 0 Å². The molecule has 1 aliphatic rings. The monoisotopic (exact) mass is 752 g/mol. The molecular weight excluding hydrogens is 717 g/mol. The summed E-state index contributed by atoms with van der Waals surface area (Å²) in [6.07, 6.45) is -0.165. The molecule has 3 aromatic heterocycles. The standard InChI is InChI=1S/C51H36N4OS/c1-3-12-31(13-4-1)49-52-50(32-14-5-2-6-15-32)54-51(53-49)35-22-25-38-40-28-33(23-26-45(40)56-46(38)30-35)34-24-27-47-41(29-34)39-18-11-21-44(48(39)57-47)55-42-19-9-7-16-36(42)37-17-8-10-20-43(37)55/h1-30,49-54H. The molecule has 4 heterocycles. The summed E-state index contributed by atoms with van der Waals surface area (Å²) in [5.74, 6) is 0. The number of rotatable bonds is 5. The molecule has 0 bridgehead atoms. The Morgan fingerprint density at radius 1 is 0.404 bits per heavy atom. The van der Waals surface area contributed by atoms with Crippen molar-refractivity contribution in [2.45, 2.75) is 18.5 Å². The van der Waals surface area contributed by atoms with Crippen molar-refractivity contribution in [1.82, 2.24) is 20.5 Å². The Morgan fingerprint density at radius 3 is 1.67 bits per heavy atom. The van der Waals surface area contributed by atoms with Crippen LogP contribution < -0.4 is 16.0 Å². The first-order valence-electron chi connectivity index (χ1n) is 19.5. The molecule has 0 spiro atoms. The van der Waals surface area contributed by atoms with Crippen LogP contribution in [0, 0.1) is 0 Å². The predicted octanol–water partition coefficient (Wildman–Crippen LogP) is 12.9. The molecule has 1 aliphatic heterocycles. The zero-order chi connectivity index (χ0) is 37.5. The number of aromatic nitrogens is 1. The summed E-state index contributed by atoms with van der Waals surface area (Å²) in [5, 5.41) is 18.7. The third kappa shape index (κ3) is 5.34. The predicted molar refractivity (Wildman–Crippen MR) is 237 cm³/mol. The quantitative estimate of drug-likeness (QED) is 0.164. The summed E-state index contributed by atoms with van der Waals surface area (Å²) in [6, 6.07) is 65.5. The molecular formula is C51H36N4OS. The van der Waals surface area contributed by atoms with Gasteiger partial charge in [-0.3, -0.25) is 16.0 Å². The molecule has 57 heavy (non-hydrogen) atoms. The van der Waals surface area contributed by atoms with Crippen LogP contribution in [0.25, 0.3) is 80.7 Å². The first-order chi connectivity index (χ1) is 28.2. The van der Waals surface area contributed by atoms with E-state index in [9.17, 15) is 0 Å². The Labute approximate surface area is 332 Å². The van der Waals surface area contributed by atoms with Crippen LogP contribution in [-0.4, -0.2) is 4.57 Å². The molecule has 0 amide bonds. The lowest BCUT2D eigenvalue weighted by Gasteiger charge is -2.39. The van der Waals surface area contributed by atoms with Crippen molar-refractivity contribution >= 4 is 75.3 Å². The highest BCUT2D eigenvalue weighted by molar-refractivity contribution is 7.26. The second kappa shape index (κ2) is 13.0. The van der Waals surface area contributed by atoms with Crippen LogP contribution in [0.1, 0.15) is 35.2 Å². The number of nitrogens with zero attached hydrogens (tertiary/aromatic N) is 1. The van der Waals surface area contributed by atoms with Gasteiger partial charge in [-0.2, -0.15) is 0 Å². The van der Waals surface area contributed by atoms with Gasteiger partial charge in [0.05, 0.1) is 39.9 Å². The fourth-order valence-corrected chi connectivity index (χ4v) is 10.2. The van der Waals surface area contributed by atoms with E-state index in [1.54, 1.807) is 0 Å². The largest absolute Gasteiger partial charge is 0.456 e. The molecule has 0 aliphatic carbocycles. The SMILES string of the molecule is c1ccc(C2NC(c3ccccc3)NC(c3ccc4c(c3)oc3ccc(-c5ccc6sc7c(-n8c9ccccc9c9ccccc98)cccc7c6c5)cc34)N2)cc1. The molecule has 272 valence electrons. The lowest BCUT2D eigenvalue weighted by molar-refractivity contribution is 0.203. The summed E-state index contributed by atoms with van der Waals surface area (Å²) < 4.78 is 11.6. The fraction of sp³-hybridized carbons (Fsp3) is 0.0588. The Balaban J connectivity index is 0.914. The summed E-state index contributed by atoms with van der Waals surface area (Å²) in [5.41, 5.74) is 11.3. The normalized spacial score (nSPS) is 17.4. The van der Waals surface area contributed by atoms with E-state index >= 15 is 0 Å². The maximum Gasteiger partial charge on any atom is 0.135 e. The van der Waals surface area contributed by atoms with Gasteiger partial charge in [0.2, 0.25) is 0 Å². The second-order valence-corrected chi connectivity index (χ2v) is 16.1. The maximum absolute atomic E-state index is 6.55. The Bertz CT molecular complexity index is 3210. The minimum Gasteiger partial charge on any atom is -0.456 e. The Kier molecular flexibility index (Phi) is 7.46. The molecule has 0 radical (unpaired) electrons. The lowest BCUT2D eigenvalue weighted by atomic mass is 10.00. The van der Waals surface area contributed by atoms with E-state index < -0.39 is 0 Å². The van der Waals surface area contributed by atoms with Gasteiger partial charge in [0, 0.05) is 37.0 Å². The maximum atomic E-state index is 6.55. The molecule has 11 aromatic rings. The smallest absolute Gasteiger partial charge is 0.135 e. The fourth-order valence-electron chi connectivity index (χ4n) is 8.99. The van der Waals surface area contributed by atoms with E-state index in [1.165, 1.54) is 69.9 Å². The number of hydrogen-bond donors (Lipinski definition) is 3. The molecule has 3 N–H and O–H groups in total. The highest BCUT2D eigenvalue weighted by atomic mass is 32.1. The molecule has 2 atom stereocenters. The van der Waals surface area contributed by atoms with Crippen molar-refractivity contribution in [2.75, 3.05) is 0 Å². The third-order valence-electron chi connectivity index (χ3n) is 11.7. The highest BCUT2D eigenvalue weighted by Crippen LogP contribution is 2.43. The minimum absolute atomic E-state index is 0.0329. The van der Waals surface area contributed by atoms with Gasteiger partial charge >= 0.3 is 0 Å². The van der Waals surface area contributed by atoms with Gasteiger partial charge < -0.3 is 8.98 Å². The van der Waals surface area contributed by atoms with E-state index in [-0.39, 0.29) is 18.5 Å². The van der Waals surface area contributed by atoms with Gasteiger partial charge in [0.25, 0.3) is 0 Å². The van der Waals surface area contributed by atoms with E-state index in [0.717, 1.165) is 27.5 Å². The average molecular weight is 753 g/mol. The number of benzene rings is 8. The van der Waals surface area contributed by atoms with Crippen molar-refractivity contribution < 1.29 is 4.42 Å². The summed E-state index contributed by atoms with van der Waals surface area (Å²) in [4.78, 5) is 0. The molecule has 2 unspecified atom stereocenters. The third-order valence-corrected chi connectivity index (χ3v) is 12.9. The molecule has 12 rings (SSSR count). The minimum atomic E-state index is -0.0996. The highest BCUT2D eigenvalue weighted by Gasteiger charge is 2.30. The molecule has 5 nitrogen and oxygen atoms in total. The number of hydrogen-bond acceptors (Lipinski definition) is 5. The number of fused-ring (bicyclic) bond motifs is 9. The molecule has 0 saturated carbocycles. The number of nitrogens with one attached hydrogen (secondary N) is 3. The second-order valence-electron chi connectivity index (χ2n) is 15.0.